The second-order valence-corrected chi connectivity index (χ2v) is 10.0. The zero-order valence-electron chi connectivity index (χ0n) is 19.5. The number of hydrogen-bond acceptors (Lipinski definition) is 5. The number of benzene rings is 2. The van der Waals surface area contributed by atoms with Crippen LogP contribution < -0.4 is 4.90 Å². The summed E-state index contributed by atoms with van der Waals surface area (Å²) in [6.07, 6.45) is -2.81. The molecule has 2 aliphatic heterocycles. The molecule has 1 aromatic heterocycles. The number of likely N-dealkylation sites (tertiary alicyclic amines) is 2. The smallest absolute Gasteiger partial charge is 0.314 e. The number of halogens is 3. The van der Waals surface area contributed by atoms with E-state index in [9.17, 15) is 13.2 Å². The lowest BCUT2D eigenvalue weighted by Crippen LogP contribution is -2.74. The molecule has 0 unspecified atom stereocenters. The highest BCUT2D eigenvalue weighted by Crippen LogP contribution is 2.41. The summed E-state index contributed by atoms with van der Waals surface area (Å²) in [4.78, 5) is 6.67. The predicted molar refractivity (Wildman–Crippen MR) is 131 cm³/mol. The molecule has 0 radical (unpaired) electrons. The third-order valence-electron chi connectivity index (χ3n) is 6.67. The van der Waals surface area contributed by atoms with Crippen molar-refractivity contribution in [2.45, 2.75) is 32.9 Å². The van der Waals surface area contributed by atoms with Crippen LogP contribution in [0, 0.1) is 11.2 Å². The van der Waals surface area contributed by atoms with E-state index in [4.69, 9.17) is 16.6 Å². The highest BCUT2D eigenvalue weighted by atomic mass is 32.1. The predicted octanol–water partition coefficient (Wildman–Crippen LogP) is 5.13. The maximum Gasteiger partial charge on any atom is 0.314 e. The summed E-state index contributed by atoms with van der Waals surface area (Å²) in [5.74, 6) is -0.968. The Morgan fingerprint density at radius 1 is 1.03 bits per heavy atom. The van der Waals surface area contributed by atoms with Gasteiger partial charge >= 0.3 is 6.43 Å². The van der Waals surface area contributed by atoms with Gasteiger partial charge in [-0.25, -0.2) is 4.39 Å². The molecular weight excluding hydrogens is 475 g/mol. The Morgan fingerprint density at radius 3 is 2.26 bits per heavy atom. The monoisotopic (exact) mass is 501 g/mol. The van der Waals surface area contributed by atoms with Crippen molar-refractivity contribution in [2.24, 2.45) is 5.41 Å². The summed E-state index contributed by atoms with van der Waals surface area (Å²) in [5, 5.41) is 7.77. The Hall–Kier alpha value is -2.98. The van der Waals surface area contributed by atoms with Crippen LogP contribution in [0.3, 0.4) is 0 Å². The van der Waals surface area contributed by atoms with E-state index in [-0.39, 0.29) is 11.7 Å². The molecule has 3 heterocycles. The van der Waals surface area contributed by atoms with Gasteiger partial charge in [-0.15, -0.1) is 10.2 Å². The van der Waals surface area contributed by atoms with E-state index < -0.39 is 12.3 Å². The highest BCUT2D eigenvalue weighted by molar-refractivity contribution is 7.80. The normalized spacial score (nSPS) is 17.1. The van der Waals surface area contributed by atoms with Gasteiger partial charge in [0.25, 0.3) is 5.89 Å². The second-order valence-electron chi connectivity index (χ2n) is 9.64. The van der Waals surface area contributed by atoms with Crippen LogP contribution in [-0.2, 0) is 6.54 Å². The molecule has 0 atom stereocenters. The van der Waals surface area contributed by atoms with Gasteiger partial charge in [0.05, 0.1) is 6.54 Å². The first-order chi connectivity index (χ1) is 16.7. The van der Waals surface area contributed by atoms with Gasteiger partial charge in [0.1, 0.15) is 5.82 Å². The molecule has 5 rings (SSSR count). The lowest BCUT2D eigenvalue weighted by Gasteiger charge is -2.62. The minimum atomic E-state index is -2.81. The minimum absolute atomic E-state index is 0.0413. The Balaban J connectivity index is 1.30. The fourth-order valence-electron chi connectivity index (χ4n) is 4.72. The van der Waals surface area contributed by atoms with Gasteiger partial charge in [-0.3, -0.25) is 4.90 Å². The van der Waals surface area contributed by atoms with Gasteiger partial charge in [-0.1, -0.05) is 12.1 Å². The van der Waals surface area contributed by atoms with Gasteiger partial charge in [-0.05, 0) is 68.0 Å². The maximum absolute atomic E-state index is 13.6. The van der Waals surface area contributed by atoms with Crippen molar-refractivity contribution in [1.29, 1.82) is 0 Å². The fraction of sp³-hybridized carbons (Fsp3) is 0.400. The molecule has 0 aliphatic carbocycles. The van der Waals surface area contributed by atoms with Gasteiger partial charge in [-0.2, -0.15) is 8.78 Å². The average Bonchev–Trinajstić information content (AvgIpc) is 3.27. The van der Waals surface area contributed by atoms with Crippen molar-refractivity contribution < 1.29 is 17.6 Å². The van der Waals surface area contributed by atoms with Crippen LogP contribution in [0.25, 0.3) is 11.5 Å². The molecule has 0 bridgehead atoms. The Morgan fingerprint density at radius 2 is 1.69 bits per heavy atom. The first-order valence-electron chi connectivity index (χ1n) is 11.5. The van der Waals surface area contributed by atoms with E-state index in [1.165, 1.54) is 12.1 Å². The van der Waals surface area contributed by atoms with Crippen molar-refractivity contribution >= 4 is 23.0 Å². The number of aromatic nitrogens is 2. The van der Waals surface area contributed by atoms with E-state index >= 15 is 0 Å². The van der Waals surface area contributed by atoms with Crippen molar-refractivity contribution in [1.82, 2.24) is 20.0 Å². The van der Waals surface area contributed by atoms with Gasteiger partial charge in [0.15, 0.2) is 5.11 Å². The Bertz CT molecular complexity index is 1180. The summed E-state index contributed by atoms with van der Waals surface area (Å²) in [6.45, 7) is 8.90. The van der Waals surface area contributed by atoms with Crippen molar-refractivity contribution in [3.63, 3.8) is 0 Å². The molecule has 2 aromatic carbocycles. The standard InChI is InChI=1S/C25H26F3N5OS/c1-16(2)31-12-25(13-31)14-32(15-25)24(35)33(20-9-7-19(26)8-10-20)11-17-3-5-18(6-4-17)22-29-30-23(34-22)21(27)28/h3-10,16,21H,11-15H2,1-2H3. The maximum atomic E-state index is 13.6. The quantitative estimate of drug-likeness (QED) is 0.434. The van der Waals surface area contributed by atoms with Gasteiger partial charge < -0.3 is 14.2 Å². The van der Waals surface area contributed by atoms with Crippen LogP contribution >= 0.6 is 12.2 Å². The van der Waals surface area contributed by atoms with Crippen molar-refractivity contribution in [3.8, 4) is 11.5 Å². The van der Waals surface area contributed by atoms with Crippen molar-refractivity contribution in [3.05, 3.63) is 65.8 Å². The molecule has 6 nitrogen and oxygen atoms in total. The number of anilines is 1. The third-order valence-corrected chi connectivity index (χ3v) is 7.15. The van der Waals surface area contributed by atoms with E-state index in [1.54, 1.807) is 24.3 Å². The average molecular weight is 502 g/mol. The fourth-order valence-corrected chi connectivity index (χ4v) is 5.01. The van der Waals surface area contributed by atoms with E-state index in [0.717, 1.165) is 37.4 Å². The number of hydrogen-bond donors (Lipinski definition) is 0. The van der Waals surface area contributed by atoms with Crippen LogP contribution in [0.4, 0.5) is 18.9 Å². The van der Waals surface area contributed by atoms with E-state index in [0.29, 0.717) is 28.7 Å². The van der Waals surface area contributed by atoms with Crippen LogP contribution in [0.1, 0.15) is 31.7 Å². The second kappa shape index (κ2) is 9.23. The number of nitrogens with zero attached hydrogens (tertiary/aromatic N) is 5. The number of thiocarbonyl (C=S) groups is 1. The van der Waals surface area contributed by atoms with Gasteiger partial charge in [0.2, 0.25) is 5.89 Å². The molecule has 2 saturated heterocycles. The molecule has 0 N–H and O–H groups in total. The summed E-state index contributed by atoms with van der Waals surface area (Å²) < 4.78 is 44.1. The van der Waals surface area contributed by atoms with Crippen LogP contribution in [0.5, 0.6) is 0 Å². The molecule has 1 spiro atoms. The Kier molecular flexibility index (Phi) is 6.27. The molecule has 0 amide bonds. The van der Waals surface area contributed by atoms with E-state index in [2.05, 4.69) is 33.8 Å². The van der Waals surface area contributed by atoms with Crippen molar-refractivity contribution in [2.75, 3.05) is 31.1 Å². The SMILES string of the molecule is CC(C)N1CC2(CN(C(=S)N(Cc3ccc(-c4nnc(C(F)F)o4)cc3)c3ccc(F)cc3)C2)C1. The van der Waals surface area contributed by atoms with E-state index in [1.807, 2.05) is 17.0 Å². The lowest BCUT2D eigenvalue weighted by atomic mass is 9.72. The summed E-state index contributed by atoms with van der Waals surface area (Å²) in [6, 6.07) is 14.1. The first kappa shape index (κ1) is 23.7. The topological polar surface area (TPSA) is 48.6 Å². The third kappa shape index (κ3) is 4.77. The summed E-state index contributed by atoms with van der Waals surface area (Å²) in [5.41, 5.74) is 2.61. The summed E-state index contributed by atoms with van der Waals surface area (Å²) >= 11 is 5.89. The van der Waals surface area contributed by atoms with Crippen LogP contribution in [-0.4, -0.2) is 57.3 Å². The molecule has 0 saturated carbocycles. The Labute approximate surface area is 207 Å². The molecule has 3 aromatic rings. The molecule has 10 heteroatoms. The highest BCUT2D eigenvalue weighted by Gasteiger charge is 2.53. The molecular formula is C25H26F3N5OS. The zero-order chi connectivity index (χ0) is 24.7. The first-order valence-corrected chi connectivity index (χ1v) is 11.9. The molecule has 35 heavy (non-hydrogen) atoms. The number of alkyl halides is 2. The largest absolute Gasteiger partial charge is 0.415 e. The van der Waals surface area contributed by atoms with Crippen LogP contribution in [0.2, 0.25) is 0 Å². The van der Waals surface area contributed by atoms with Crippen LogP contribution in [0.15, 0.2) is 52.9 Å². The lowest BCUT2D eigenvalue weighted by molar-refractivity contribution is -0.0993. The molecule has 2 fully saturated rings. The molecule has 2 aliphatic rings. The number of rotatable bonds is 6. The summed E-state index contributed by atoms with van der Waals surface area (Å²) in [7, 11) is 0. The molecule has 184 valence electrons. The zero-order valence-corrected chi connectivity index (χ0v) is 20.3. The van der Waals surface area contributed by atoms with Gasteiger partial charge in [0, 0.05) is 48.9 Å². The minimum Gasteiger partial charge on any atom is -0.415 e.